The monoisotopic (exact) mass is 361 g/mol. The number of aromatic amines is 1. The summed E-state index contributed by atoms with van der Waals surface area (Å²) >= 11 is 6.27. The molecule has 132 valence electrons. The van der Waals surface area contributed by atoms with Gasteiger partial charge in [-0.3, -0.25) is 18.9 Å². The Morgan fingerprint density at radius 3 is 2.76 bits per heavy atom. The molecule has 3 rings (SSSR count). The Bertz CT molecular complexity index is 1020. The molecule has 0 aliphatic heterocycles. The van der Waals surface area contributed by atoms with Gasteiger partial charge in [0.2, 0.25) is 5.95 Å². The molecule has 0 radical (unpaired) electrons. The number of nitrogens with zero attached hydrogens (tertiary/aromatic N) is 3. The Labute approximate surface area is 149 Å². The van der Waals surface area contributed by atoms with Gasteiger partial charge in [-0.25, -0.2) is 4.79 Å². The number of nitrogens with one attached hydrogen (secondary N) is 2. The van der Waals surface area contributed by atoms with E-state index in [-0.39, 0.29) is 0 Å². The van der Waals surface area contributed by atoms with E-state index in [1.807, 2.05) is 18.2 Å². The lowest BCUT2D eigenvalue weighted by molar-refractivity contribution is 0.786. The third-order valence-electron chi connectivity index (χ3n) is 4.11. The van der Waals surface area contributed by atoms with Crippen molar-refractivity contribution in [1.29, 1.82) is 0 Å². The summed E-state index contributed by atoms with van der Waals surface area (Å²) in [6.07, 6.45) is 2.02. The Morgan fingerprint density at radius 1 is 1.28 bits per heavy atom. The second kappa shape index (κ2) is 7.14. The molecule has 0 atom stereocenters. The largest absolute Gasteiger partial charge is 0.356 e. The van der Waals surface area contributed by atoms with Crippen molar-refractivity contribution in [3.8, 4) is 0 Å². The van der Waals surface area contributed by atoms with Crippen LogP contribution in [0.3, 0.4) is 0 Å². The number of H-pyrrole nitrogens is 1. The van der Waals surface area contributed by atoms with Crippen LogP contribution in [0.25, 0.3) is 11.2 Å². The maximum Gasteiger partial charge on any atom is 0.329 e. The van der Waals surface area contributed by atoms with E-state index in [4.69, 9.17) is 11.6 Å². The molecule has 25 heavy (non-hydrogen) atoms. The summed E-state index contributed by atoms with van der Waals surface area (Å²) in [6, 6.07) is 7.46. The molecule has 2 aromatic heterocycles. The van der Waals surface area contributed by atoms with Gasteiger partial charge in [-0.2, -0.15) is 4.98 Å². The van der Waals surface area contributed by atoms with Crippen LogP contribution in [0.5, 0.6) is 0 Å². The van der Waals surface area contributed by atoms with Crippen molar-refractivity contribution in [3.63, 3.8) is 0 Å². The van der Waals surface area contributed by atoms with Crippen molar-refractivity contribution < 1.29 is 0 Å². The van der Waals surface area contributed by atoms with Crippen molar-refractivity contribution in [2.24, 2.45) is 7.05 Å². The van der Waals surface area contributed by atoms with Crippen LogP contribution in [0, 0.1) is 0 Å². The molecule has 8 heteroatoms. The molecular formula is C17H20ClN5O2. The first kappa shape index (κ1) is 17.3. The SMILES string of the molecule is CCCCNc1nc2c(c(=O)[nH]c(=O)n2C)n1Cc1ccccc1Cl. The summed E-state index contributed by atoms with van der Waals surface area (Å²) in [7, 11) is 1.59. The van der Waals surface area contributed by atoms with Crippen molar-refractivity contribution in [3.05, 3.63) is 55.7 Å². The maximum atomic E-state index is 12.4. The van der Waals surface area contributed by atoms with Gasteiger partial charge in [0.25, 0.3) is 5.56 Å². The van der Waals surface area contributed by atoms with E-state index in [0.717, 1.165) is 24.9 Å². The van der Waals surface area contributed by atoms with E-state index in [0.29, 0.717) is 28.7 Å². The fourth-order valence-electron chi connectivity index (χ4n) is 2.70. The van der Waals surface area contributed by atoms with Crippen LogP contribution >= 0.6 is 11.6 Å². The number of aryl methyl sites for hydroxylation is 1. The minimum absolute atomic E-state index is 0.347. The number of anilines is 1. The fourth-order valence-corrected chi connectivity index (χ4v) is 2.89. The fraction of sp³-hybridized carbons (Fsp3) is 0.353. The van der Waals surface area contributed by atoms with Gasteiger partial charge in [0.1, 0.15) is 0 Å². The zero-order chi connectivity index (χ0) is 18.0. The van der Waals surface area contributed by atoms with E-state index >= 15 is 0 Å². The Morgan fingerprint density at radius 2 is 2.04 bits per heavy atom. The minimum Gasteiger partial charge on any atom is -0.356 e. The Hall–Kier alpha value is -2.54. The summed E-state index contributed by atoms with van der Waals surface area (Å²) in [5.41, 5.74) is 0.622. The second-order valence-corrected chi connectivity index (χ2v) is 6.29. The number of hydrogen-bond donors (Lipinski definition) is 2. The highest BCUT2D eigenvalue weighted by atomic mass is 35.5. The third-order valence-corrected chi connectivity index (χ3v) is 4.48. The van der Waals surface area contributed by atoms with Gasteiger partial charge in [-0.1, -0.05) is 43.1 Å². The molecule has 1 aromatic carbocycles. The predicted octanol–water partition coefficient (Wildman–Crippen LogP) is 2.34. The average Bonchev–Trinajstić information content (AvgIpc) is 2.94. The Kier molecular flexibility index (Phi) is 4.94. The molecule has 0 amide bonds. The van der Waals surface area contributed by atoms with Crippen LogP contribution < -0.4 is 16.6 Å². The average molecular weight is 362 g/mol. The number of aromatic nitrogens is 4. The molecule has 3 aromatic rings. The molecular weight excluding hydrogens is 342 g/mol. The number of imidazole rings is 1. The van der Waals surface area contributed by atoms with Crippen molar-refractivity contribution >= 4 is 28.7 Å². The van der Waals surface area contributed by atoms with Crippen LogP contribution in [0.15, 0.2) is 33.9 Å². The molecule has 0 aliphatic rings. The van der Waals surface area contributed by atoms with Gasteiger partial charge < -0.3 is 5.32 Å². The minimum atomic E-state index is -0.486. The zero-order valence-corrected chi connectivity index (χ0v) is 14.9. The first-order valence-electron chi connectivity index (χ1n) is 8.19. The second-order valence-electron chi connectivity index (χ2n) is 5.88. The van der Waals surface area contributed by atoms with Crippen LogP contribution in [0.1, 0.15) is 25.3 Å². The van der Waals surface area contributed by atoms with E-state index in [1.54, 1.807) is 17.7 Å². The highest BCUT2D eigenvalue weighted by Gasteiger charge is 2.18. The van der Waals surface area contributed by atoms with E-state index in [9.17, 15) is 9.59 Å². The molecule has 0 fully saturated rings. The third kappa shape index (κ3) is 3.32. The summed E-state index contributed by atoms with van der Waals surface area (Å²) in [4.78, 5) is 31.1. The van der Waals surface area contributed by atoms with Crippen LogP contribution in [-0.4, -0.2) is 25.6 Å². The van der Waals surface area contributed by atoms with Crippen molar-refractivity contribution in [1.82, 2.24) is 19.1 Å². The molecule has 0 bridgehead atoms. The highest BCUT2D eigenvalue weighted by molar-refractivity contribution is 6.31. The zero-order valence-electron chi connectivity index (χ0n) is 14.2. The smallest absolute Gasteiger partial charge is 0.329 e. The topological polar surface area (TPSA) is 84.7 Å². The van der Waals surface area contributed by atoms with Crippen LogP contribution in [0.4, 0.5) is 5.95 Å². The van der Waals surface area contributed by atoms with Gasteiger partial charge in [0.05, 0.1) is 6.54 Å². The molecule has 0 saturated carbocycles. The maximum absolute atomic E-state index is 12.4. The molecule has 2 N–H and O–H groups in total. The quantitative estimate of drug-likeness (QED) is 0.660. The van der Waals surface area contributed by atoms with Gasteiger partial charge in [0, 0.05) is 18.6 Å². The lowest BCUT2D eigenvalue weighted by atomic mass is 10.2. The first-order valence-corrected chi connectivity index (χ1v) is 8.57. The van der Waals surface area contributed by atoms with Gasteiger partial charge in [-0.15, -0.1) is 0 Å². The van der Waals surface area contributed by atoms with E-state index < -0.39 is 11.2 Å². The summed E-state index contributed by atoms with van der Waals surface area (Å²) in [6.45, 7) is 3.21. The molecule has 7 nitrogen and oxygen atoms in total. The number of rotatable bonds is 6. The van der Waals surface area contributed by atoms with Crippen LogP contribution in [-0.2, 0) is 13.6 Å². The van der Waals surface area contributed by atoms with Crippen molar-refractivity contribution in [2.45, 2.75) is 26.3 Å². The predicted molar refractivity (Wildman–Crippen MR) is 99.5 cm³/mol. The summed E-state index contributed by atoms with van der Waals surface area (Å²) in [5, 5.41) is 3.87. The lowest BCUT2D eigenvalue weighted by Gasteiger charge is -2.11. The number of benzene rings is 1. The number of hydrogen-bond acceptors (Lipinski definition) is 4. The number of halogens is 1. The summed E-state index contributed by atoms with van der Waals surface area (Å²) in [5.74, 6) is 0.551. The number of fused-ring (bicyclic) bond motifs is 1. The molecule has 0 aliphatic carbocycles. The van der Waals surface area contributed by atoms with Gasteiger partial charge >= 0.3 is 5.69 Å². The molecule has 0 spiro atoms. The Balaban J connectivity index is 2.17. The lowest BCUT2D eigenvalue weighted by Crippen LogP contribution is -2.29. The van der Waals surface area contributed by atoms with E-state index in [2.05, 4.69) is 22.2 Å². The molecule has 0 saturated heterocycles. The van der Waals surface area contributed by atoms with E-state index in [1.165, 1.54) is 4.57 Å². The molecule has 0 unspecified atom stereocenters. The highest BCUT2D eigenvalue weighted by Crippen LogP contribution is 2.21. The standard InChI is InChI=1S/C17H20ClN5O2/c1-3-4-9-19-16-20-14-13(15(24)21-17(25)22(14)2)23(16)10-11-7-5-6-8-12(11)18/h5-8H,3-4,9-10H2,1-2H3,(H,19,20)(H,21,24,25). The van der Waals surface area contributed by atoms with Gasteiger partial charge in [-0.05, 0) is 18.1 Å². The van der Waals surface area contributed by atoms with Gasteiger partial charge in [0.15, 0.2) is 11.2 Å². The van der Waals surface area contributed by atoms with Crippen molar-refractivity contribution in [2.75, 3.05) is 11.9 Å². The normalized spacial score (nSPS) is 11.2. The summed E-state index contributed by atoms with van der Waals surface area (Å²) < 4.78 is 3.11. The number of unbranched alkanes of at least 4 members (excludes halogenated alkanes) is 1. The first-order chi connectivity index (χ1) is 12.0. The molecule has 2 heterocycles. The van der Waals surface area contributed by atoms with Crippen LogP contribution in [0.2, 0.25) is 5.02 Å².